The maximum Gasteiger partial charge on any atom is 0.305 e. The average molecular weight is 348 g/mol. The molecule has 2 fully saturated rings. The molecule has 1 N–H and O–H groups in total. The predicted octanol–water partition coefficient (Wildman–Crippen LogP) is 3.04. The molecule has 1 aliphatic heterocycles. The minimum Gasteiger partial charge on any atom is -0.497 e. The highest BCUT2D eigenvalue weighted by Gasteiger charge is 2.43. The van der Waals surface area contributed by atoms with E-state index in [0.717, 1.165) is 37.1 Å². The third-order valence-corrected chi connectivity index (χ3v) is 5.47. The molecule has 2 aliphatic rings. The Balaban J connectivity index is 1.87. The van der Waals surface area contributed by atoms with Crippen LogP contribution >= 0.6 is 11.8 Å². The largest absolute Gasteiger partial charge is 0.497 e. The van der Waals surface area contributed by atoms with Gasteiger partial charge in [-0.15, -0.1) is 0 Å². The van der Waals surface area contributed by atoms with Crippen molar-refractivity contribution in [1.82, 2.24) is 4.90 Å². The first-order valence-electron chi connectivity index (χ1n) is 8.03. The molecule has 7 heteroatoms. The molecule has 0 bridgehead atoms. The van der Waals surface area contributed by atoms with E-state index in [1.807, 2.05) is 24.3 Å². The number of hydrogen-bond acceptors (Lipinski definition) is 5. The Labute approximate surface area is 144 Å². The fourth-order valence-corrected chi connectivity index (χ4v) is 4.32. The number of carbonyl (C=O) groups excluding carboxylic acids is 1. The molecule has 1 heterocycles. The van der Waals surface area contributed by atoms with Gasteiger partial charge in [-0.2, -0.15) is 0 Å². The number of carbonyl (C=O) groups is 2. The first kappa shape index (κ1) is 16.8. The number of methoxy groups -OCH3 is 1. The Morgan fingerprint density at radius 1 is 1.33 bits per heavy atom. The van der Waals surface area contributed by atoms with E-state index >= 15 is 0 Å². The van der Waals surface area contributed by atoms with Gasteiger partial charge < -0.3 is 9.84 Å². The number of amidine groups is 1. The number of amides is 1. The summed E-state index contributed by atoms with van der Waals surface area (Å²) >= 11 is 1.26. The van der Waals surface area contributed by atoms with Crippen molar-refractivity contribution < 1.29 is 19.4 Å². The highest BCUT2D eigenvalue weighted by molar-refractivity contribution is 8.15. The zero-order valence-electron chi connectivity index (χ0n) is 13.5. The molecule has 1 saturated carbocycles. The molecule has 128 valence electrons. The number of carboxylic acid groups (broad SMARTS) is 1. The Bertz CT molecular complexity index is 653. The zero-order valence-corrected chi connectivity index (χ0v) is 14.3. The van der Waals surface area contributed by atoms with Crippen LogP contribution in [-0.4, -0.2) is 45.5 Å². The van der Waals surface area contributed by atoms with Gasteiger partial charge in [-0.3, -0.25) is 14.5 Å². The zero-order chi connectivity index (χ0) is 17.1. The molecule has 0 aromatic heterocycles. The highest BCUT2D eigenvalue weighted by Crippen LogP contribution is 2.37. The van der Waals surface area contributed by atoms with Gasteiger partial charge in [0.25, 0.3) is 0 Å². The van der Waals surface area contributed by atoms with Crippen LogP contribution in [0.2, 0.25) is 0 Å². The number of aliphatic carboxylic acids is 1. The predicted molar refractivity (Wildman–Crippen MR) is 92.8 cm³/mol. The SMILES string of the molecule is COc1ccc(N=C2SC(CC(=O)O)C(=O)N2C2CCCC2)cc1. The van der Waals surface area contributed by atoms with Crippen LogP contribution in [-0.2, 0) is 9.59 Å². The molecule has 1 aliphatic carbocycles. The number of aliphatic imine (C=N–C) groups is 1. The van der Waals surface area contributed by atoms with Crippen LogP contribution in [0.5, 0.6) is 5.75 Å². The normalized spacial score (nSPS) is 23.2. The lowest BCUT2D eigenvalue weighted by Gasteiger charge is -2.23. The van der Waals surface area contributed by atoms with Crippen LogP contribution in [0, 0.1) is 0 Å². The second-order valence-electron chi connectivity index (χ2n) is 5.94. The smallest absolute Gasteiger partial charge is 0.305 e. The summed E-state index contributed by atoms with van der Waals surface area (Å²) < 4.78 is 5.14. The second-order valence-corrected chi connectivity index (χ2v) is 7.11. The number of hydrogen-bond donors (Lipinski definition) is 1. The van der Waals surface area contributed by atoms with E-state index in [1.54, 1.807) is 12.0 Å². The highest BCUT2D eigenvalue weighted by atomic mass is 32.2. The van der Waals surface area contributed by atoms with Gasteiger partial charge >= 0.3 is 5.97 Å². The molecule has 0 radical (unpaired) electrons. The molecule has 3 rings (SSSR count). The number of rotatable bonds is 5. The second kappa shape index (κ2) is 7.25. The van der Waals surface area contributed by atoms with E-state index in [4.69, 9.17) is 9.84 Å². The van der Waals surface area contributed by atoms with E-state index in [2.05, 4.69) is 4.99 Å². The number of nitrogens with zero attached hydrogens (tertiary/aromatic N) is 2. The summed E-state index contributed by atoms with van der Waals surface area (Å²) in [5, 5.41) is 9.07. The quantitative estimate of drug-likeness (QED) is 0.885. The summed E-state index contributed by atoms with van der Waals surface area (Å²) in [6, 6.07) is 7.42. The lowest BCUT2D eigenvalue weighted by atomic mass is 10.2. The summed E-state index contributed by atoms with van der Waals surface area (Å²) in [5.74, 6) is -0.343. The third-order valence-electron chi connectivity index (χ3n) is 4.31. The van der Waals surface area contributed by atoms with Crippen molar-refractivity contribution in [1.29, 1.82) is 0 Å². The van der Waals surface area contributed by atoms with E-state index in [1.165, 1.54) is 11.8 Å². The van der Waals surface area contributed by atoms with Crippen molar-refractivity contribution in [2.24, 2.45) is 4.99 Å². The molecular formula is C17H20N2O4S. The molecule has 1 unspecified atom stereocenters. The van der Waals surface area contributed by atoms with E-state index in [9.17, 15) is 9.59 Å². The molecule has 1 saturated heterocycles. The van der Waals surface area contributed by atoms with Crippen molar-refractivity contribution in [2.75, 3.05) is 7.11 Å². The van der Waals surface area contributed by atoms with Gasteiger partial charge in [0.15, 0.2) is 5.17 Å². The monoisotopic (exact) mass is 348 g/mol. The summed E-state index contributed by atoms with van der Waals surface area (Å²) in [6.07, 6.45) is 3.92. The van der Waals surface area contributed by atoms with Gasteiger partial charge in [-0.1, -0.05) is 24.6 Å². The minimum absolute atomic E-state index is 0.124. The fraction of sp³-hybridized carbons (Fsp3) is 0.471. The first-order chi connectivity index (χ1) is 11.6. The van der Waals surface area contributed by atoms with Gasteiger partial charge in [-0.05, 0) is 37.1 Å². The molecular weight excluding hydrogens is 328 g/mol. The topological polar surface area (TPSA) is 79.2 Å². The fourth-order valence-electron chi connectivity index (χ4n) is 3.12. The average Bonchev–Trinajstić information content (AvgIpc) is 3.17. The summed E-state index contributed by atoms with van der Waals surface area (Å²) in [4.78, 5) is 30.0. The standard InChI is InChI=1S/C17H20N2O4S/c1-23-13-8-6-11(7-9-13)18-17-19(12-4-2-3-5-12)16(22)14(24-17)10-15(20)21/h6-9,12,14H,2-5,10H2,1H3,(H,20,21). The number of carboxylic acids is 1. The lowest BCUT2D eigenvalue weighted by molar-refractivity contribution is -0.139. The maximum absolute atomic E-state index is 12.7. The Morgan fingerprint density at radius 2 is 2.00 bits per heavy atom. The molecule has 6 nitrogen and oxygen atoms in total. The van der Waals surface area contributed by atoms with E-state index in [0.29, 0.717) is 5.17 Å². The van der Waals surface area contributed by atoms with Crippen LogP contribution in [0.15, 0.2) is 29.3 Å². The first-order valence-corrected chi connectivity index (χ1v) is 8.90. The van der Waals surface area contributed by atoms with E-state index in [-0.39, 0.29) is 18.4 Å². The van der Waals surface area contributed by atoms with Crippen molar-refractivity contribution >= 4 is 34.5 Å². The number of ether oxygens (including phenoxy) is 1. The lowest BCUT2D eigenvalue weighted by Crippen LogP contribution is -2.39. The van der Waals surface area contributed by atoms with Crippen LogP contribution in [0.3, 0.4) is 0 Å². The Morgan fingerprint density at radius 3 is 2.58 bits per heavy atom. The Hall–Kier alpha value is -2.02. The molecule has 24 heavy (non-hydrogen) atoms. The molecule has 1 atom stereocenters. The molecule has 0 spiro atoms. The maximum atomic E-state index is 12.7. The molecule has 1 amide bonds. The number of benzene rings is 1. The number of thioether (sulfide) groups is 1. The van der Waals surface area contributed by atoms with Crippen molar-refractivity contribution in [3.63, 3.8) is 0 Å². The summed E-state index contributed by atoms with van der Waals surface area (Å²) in [5.41, 5.74) is 0.727. The molecule has 1 aromatic rings. The summed E-state index contributed by atoms with van der Waals surface area (Å²) in [6.45, 7) is 0. The van der Waals surface area contributed by atoms with Crippen LogP contribution < -0.4 is 4.74 Å². The van der Waals surface area contributed by atoms with E-state index < -0.39 is 11.2 Å². The van der Waals surface area contributed by atoms with Crippen LogP contribution in [0.4, 0.5) is 5.69 Å². The van der Waals surface area contributed by atoms with Gasteiger partial charge in [0.1, 0.15) is 11.0 Å². The van der Waals surface area contributed by atoms with Gasteiger partial charge in [0, 0.05) is 6.04 Å². The van der Waals surface area contributed by atoms with Crippen molar-refractivity contribution in [2.45, 2.75) is 43.4 Å². The van der Waals surface area contributed by atoms with Gasteiger partial charge in [0.2, 0.25) is 5.91 Å². The van der Waals surface area contributed by atoms with Crippen LogP contribution in [0.25, 0.3) is 0 Å². The minimum atomic E-state index is -0.960. The summed E-state index contributed by atoms with van der Waals surface area (Å²) in [7, 11) is 1.60. The van der Waals surface area contributed by atoms with Gasteiger partial charge in [0.05, 0.1) is 19.2 Å². The van der Waals surface area contributed by atoms with Crippen molar-refractivity contribution in [3.8, 4) is 5.75 Å². The Kier molecular flexibility index (Phi) is 5.08. The molecule has 1 aromatic carbocycles. The van der Waals surface area contributed by atoms with Crippen molar-refractivity contribution in [3.05, 3.63) is 24.3 Å². The van der Waals surface area contributed by atoms with Crippen LogP contribution in [0.1, 0.15) is 32.1 Å². The van der Waals surface area contributed by atoms with Gasteiger partial charge in [-0.25, -0.2) is 4.99 Å². The third kappa shape index (κ3) is 3.56.